The van der Waals surface area contributed by atoms with Crippen molar-refractivity contribution in [3.05, 3.63) is 72.4 Å². The van der Waals surface area contributed by atoms with Gasteiger partial charge in [0, 0.05) is 17.2 Å². The largest absolute Gasteiger partial charge is 0.335 e. The van der Waals surface area contributed by atoms with Gasteiger partial charge in [-0.15, -0.1) is 0 Å². The van der Waals surface area contributed by atoms with Crippen molar-refractivity contribution in [3.8, 4) is 16.9 Å². The van der Waals surface area contributed by atoms with E-state index < -0.39 is 0 Å². The lowest BCUT2D eigenvalue weighted by atomic mass is 10.1. The van der Waals surface area contributed by atoms with Gasteiger partial charge < -0.3 is 5.32 Å². The zero-order valence-corrected chi connectivity index (χ0v) is 14.5. The van der Waals surface area contributed by atoms with Crippen LogP contribution in [0.2, 0.25) is 0 Å². The van der Waals surface area contributed by atoms with Crippen LogP contribution in [0.5, 0.6) is 0 Å². The summed E-state index contributed by atoms with van der Waals surface area (Å²) in [6.45, 7) is 2.07. The summed E-state index contributed by atoms with van der Waals surface area (Å²) in [5.74, 6) is -0.103. The van der Waals surface area contributed by atoms with Gasteiger partial charge in [0.25, 0.3) is 5.91 Å². The number of hydrogen-bond acceptors (Lipinski definition) is 4. The molecule has 1 saturated heterocycles. The van der Waals surface area contributed by atoms with Crippen molar-refractivity contribution in [2.75, 3.05) is 0 Å². The first-order chi connectivity index (χ1) is 12.7. The second-order valence-electron chi connectivity index (χ2n) is 6.50. The fourth-order valence-corrected chi connectivity index (χ4v) is 3.17. The molecule has 4 rings (SSSR count). The summed E-state index contributed by atoms with van der Waals surface area (Å²) in [5, 5.41) is 7.44. The van der Waals surface area contributed by atoms with Crippen molar-refractivity contribution in [3.63, 3.8) is 0 Å². The second kappa shape index (κ2) is 7.11. The number of aromatic nitrogens is 2. The number of nitrogens with one attached hydrogen (secondary N) is 3. The van der Waals surface area contributed by atoms with Gasteiger partial charge in [-0.05, 0) is 37.6 Å². The van der Waals surface area contributed by atoms with E-state index in [2.05, 4.69) is 28.2 Å². The van der Waals surface area contributed by atoms with E-state index in [-0.39, 0.29) is 12.1 Å². The minimum Gasteiger partial charge on any atom is -0.335 e. The molecule has 2 aromatic carbocycles. The van der Waals surface area contributed by atoms with Gasteiger partial charge >= 0.3 is 0 Å². The van der Waals surface area contributed by atoms with Crippen molar-refractivity contribution in [1.82, 2.24) is 25.9 Å². The molecule has 3 aromatic rings. The van der Waals surface area contributed by atoms with Gasteiger partial charge in [0.2, 0.25) is 0 Å². The lowest BCUT2D eigenvalue weighted by molar-refractivity contribution is 0.0932. The molecule has 0 radical (unpaired) electrons. The Labute approximate surface area is 152 Å². The average Bonchev–Trinajstić information content (AvgIpc) is 3.32. The minimum absolute atomic E-state index is 0.0641. The number of carbonyl (C=O) groups is 1. The monoisotopic (exact) mass is 347 g/mol. The van der Waals surface area contributed by atoms with Crippen LogP contribution in [-0.2, 0) is 0 Å². The van der Waals surface area contributed by atoms with Crippen LogP contribution in [0.4, 0.5) is 0 Å². The number of hydrogen-bond donors (Lipinski definition) is 3. The third-order valence-electron chi connectivity index (χ3n) is 4.46. The molecule has 1 aliphatic rings. The van der Waals surface area contributed by atoms with E-state index in [0.29, 0.717) is 11.6 Å². The van der Waals surface area contributed by atoms with E-state index in [1.54, 1.807) is 6.20 Å². The number of benzene rings is 2. The van der Waals surface area contributed by atoms with Gasteiger partial charge in [0.15, 0.2) is 0 Å². The van der Waals surface area contributed by atoms with E-state index in [9.17, 15) is 4.79 Å². The topological polar surface area (TPSA) is 71.0 Å². The molecule has 132 valence electrons. The maximum Gasteiger partial charge on any atom is 0.252 e. The number of amides is 1. The Morgan fingerprint density at radius 1 is 1.12 bits per heavy atom. The SMILES string of the molecule is CC1CC(NC(=O)c2cccc(-n3nccc3-c3ccccc3)c2)NN1. The van der Waals surface area contributed by atoms with Crippen molar-refractivity contribution < 1.29 is 4.79 Å². The lowest BCUT2D eigenvalue weighted by Crippen LogP contribution is -2.44. The molecule has 0 aliphatic carbocycles. The summed E-state index contributed by atoms with van der Waals surface area (Å²) in [4.78, 5) is 12.6. The lowest BCUT2D eigenvalue weighted by Gasteiger charge is -2.13. The molecule has 2 heterocycles. The zero-order chi connectivity index (χ0) is 17.9. The highest BCUT2D eigenvalue weighted by molar-refractivity contribution is 5.95. The van der Waals surface area contributed by atoms with Gasteiger partial charge in [-0.25, -0.2) is 10.1 Å². The Morgan fingerprint density at radius 2 is 1.96 bits per heavy atom. The molecule has 2 atom stereocenters. The van der Waals surface area contributed by atoms with Crippen molar-refractivity contribution in [2.45, 2.75) is 25.6 Å². The highest BCUT2D eigenvalue weighted by atomic mass is 16.1. The van der Waals surface area contributed by atoms with E-state index >= 15 is 0 Å². The summed E-state index contributed by atoms with van der Waals surface area (Å²) in [6.07, 6.45) is 2.55. The summed E-state index contributed by atoms with van der Waals surface area (Å²) >= 11 is 0. The van der Waals surface area contributed by atoms with E-state index in [1.165, 1.54) is 0 Å². The molecule has 1 amide bonds. The Bertz CT molecular complexity index is 905. The van der Waals surface area contributed by atoms with Gasteiger partial charge in [-0.2, -0.15) is 5.10 Å². The van der Waals surface area contributed by atoms with Crippen molar-refractivity contribution >= 4 is 5.91 Å². The first kappa shape index (κ1) is 16.5. The smallest absolute Gasteiger partial charge is 0.252 e. The van der Waals surface area contributed by atoms with Gasteiger partial charge in [0.1, 0.15) is 0 Å². The molecular formula is C20H21N5O. The molecule has 1 aliphatic heterocycles. The molecule has 0 saturated carbocycles. The summed E-state index contributed by atoms with van der Waals surface area (Å²) in [6, 6.07) is 19.9. The van der Waals surface area contributed by atoms with Gasteiger partial charge in [0.05, 0.1) is 23.7 Å². The van der Waals surface area contributed by atoms with Gasteiger partial charge in [-0.1, -0.05) is 36.4 Å². The van der Waals surface area contributed by atoms with Crippen LogP contribution in [0.1, 0.15) is 23.7 Å². The quantitative estimate of drug-likeness (QED) is 0.678. The highest BCUT2D eigenvalue weighted by Gasteiger charge is 2.22. The van der Waals surface area contributed by atoms with E-state index in [1.807, 2.05) is 65.3 Å². The Hall–Kier alpha value is -2.96. The fourth-order valence-electron chi connectivity index (χ4n) is 3.17. The van der Waals surface area contributed by atoms with Crippen LogP contribution < -0.4 is 16.2 Å². The maximum atomic E-state index is 12.6. The Balaban J connectivity index is 1.59. The first-order valence-electron chi connectivity index (χ1n) is 8.72. The van der Waals surface area contributed by atoms with Crippen LogP contribution in [-0.4, -0.2) is 27.9 Å². The standard InChI is InChI=1S/C20H21N5O/c1-14-12-19(24-23-14)22-20(26)16-8-5-9-17(13-16)25-18(10-11-21-25)15-6-3-2-4-7-15/h2-11,13-14,19,23-24H,12H2,1H3,(H,22,26). The highest BCUT2D eigenvalue weighted by Crippen LogP contribution is 2.22. The molecule has 0 bridgehead atoms. The molecular weight excluding hydrogens is 326 g/mol. The number of rotatable bonds is 4. The van der Waals surface area contributed by atoms with Gasteiger partial charge in [-0.3, -0.25) is 10.2 Å². The maximum absolute atomic E-state index is 12.6. The molecule has 26 heavy (non-hydrogen) atoms. The van der Waals surface area contributed by atoms with Crippen molar-refractivity contribution in [1.29, 1.82) is 0 Å². The van der Waals surface area contributed by atoms with Crippen LogP contribution in [0.3, 0.4) is 0 Å². The molecule has 3 N–H and O–H groups in total. The van der Waals surface area contributed by atoms with Crippen LogP contribution in [0, 0.1) is 0 Å². The average molecular weight is 347 g/mol. The van der Waals surface area contributed by atoms with E-state index in [4.69, 9.17) is 0 Å². The third-order valence-corrected chi connectivity index (χ3v) is 4.46. The molecule has 0 spiro atoms. The van der Waals surface area contributed by atoms with Crippen molar-refractivity contribution in [2.24, 2.45) is 0 Å². The predicted molar refractivity (Wildman–Crippen MR) is 101 cm³/mol. The number of hydrazine groups is 1. The fraction of sp³-hybridized carbons (Fsp3) is 0.200. The molecule has 1 aromatic heterocycles. The predicted octanol–water partition coefficient (Wildman–Crippen LogP) is 2.48. The Morgan fingerprint density at radius 3 is 2.73 bits per heavy atom. The normalized spacial score (nSPS) is 19.4. The Kier molecular flexibility index (Phi) is 4.51. The summed E-state index contributed by atoms with van der Waals surface area (Å²) in [5.41, 5.74) is 9.71. The third kappa shape index (κ3) is 3.37. The molecule has 1 fully saturated rings. The van der Waals surface area contributed by atoms with Crippen LogP contribution in [0.25, 0.3) is 16.9 Å². The zero-order valence-electron chi connectivity index (χ0n) is 14.5. The first-order valence-corrected chi connectivity index (χ1v) is 8.72. The minimum atomic E-state index is -0.103. The van der Waals surface area contributed by atoms with E-state index in [0.717, 1.165) is 23.4 Å². The number of nitrogens with zero attached hydrogens (tertiary/aromatic N) is 2. The number of carbonyl (C=O) groups excluding carboxylic acids is 1. The molecule has 2 unspecified atom stereocenters. The van der Waals surface area contributed by atoms with Crippen LogP contribution >= 0.6 is 0 Å². The second-order valence-corrected chi connectivity index (χ2v) is 6.50. The summed E-state index contributed by atoms with van der Waals surface area (Å²) in [7, 11) is 0. The molecule has 6 nitrogen and oxygen atoms in total. The summed E-state index contributed by atoms with van der Waals surface area (Å²) < 4.78 is 1.85. The molecule has 6 heteroatoms. The van der Waals surface area contributed by atoms with Crippen LogP contribution in [0.15, 0.2) is 66.9 Å².